The number of carbonyl (C=O) groups is 2. The number of hydrogen-bond acceptors (Lipinski definition) is 3. The average Bonchev–Trinajstić information content (AvgIpc) is 3.31. The molecule has 4 rings (SSSR count). The summed E-state index contributed by atoms with van der Waals surface area (Å²) < 4.78 is 22.2. The van der Waals surface area contributed by atoms with Gasteiger partial charge < -0.3 is 19.2 Å². The van der Waals surface area contributed by atoms with E-state index in [2.05, 4.69) is 5.32 Å². The number of hydrogen-bond donors (Lipinski definition) is 1. The highest BCUT2D eigenvalue weighted by molar-refractivity contribution is 5.96. The second-order valence-electron chi connectivity index (χ2n) is 7.75. The second-order valence-corrected chi connectivity index (χ2v) is 7.75. The number of rotatable bonds is 7. The molecule has 1 aliphatic rings. The van der Waals surface area contributed by atoms with Crippen LogP contribution in [0.4, 0.5) is 4.39 Å². The van der Waals surface area contributed by atoms with Crippen LogP contribution in [0.1, 0.15) is 37.2 Å². The largest absolute Gasteiger partial charge is 0.458 e. The van der Waals surface area contributed by atoms with Gasteiger partial charge in [0.25, 0.3) is 0 Å². The van der Waals surface area contributed by atoms with E-state index in [1.54, 1.807) is 36.6 Å². The number of amides is 1. The lowest BCUT2D eigenvalue weighted by Crippen LogP contribution is -2.30. The van der Waals surface area contributed by atoms with Crippen molar-refractivity contribution in [3.63, 3.8) is 0 Å². The molecule has 0 aliphatic heterocycles. The Hall–Kier alpha value is -3.09. The summed E-state index contributed by atoms with van der Waals surface area (Å²) in [7, 11) is 0. The number of esters is 1. The predicted molar refractivity (Wildman–Crippen MR) is 108 cm³/mol. The van der Waals surface area contributed by atoms with Crippen molar-refractivity contribution in [3.05, 3.63) is 54.1 Å². The number of carbonyl (C=O) groups excluding carboxylic acids is 2. The summed E-state index contributed by atoms with van der Waals surface area (Å²) >= 11 is 0. The first kappa shape index (κ1) is 19.2. The van der Waals surface area contributed by atoms with Crippen molar-refractivity contribution < 1.29 is 18.7 Å². The van der Waals surface area contributed by atoms with Crippen molar-refractivity contribution in [1.29, 1.82) is 0 Å². The SMILES string of the molecule is CC(C)OC(=O)c1cc2c(ccn2-c2ccc(F)cc2)n1CC(=O)NCC1CC1. The van der Waals surface area contributed by atoms with Crippen LogP contribution in [0.2, 0.25) is 0 Å². The third kappa shape index (κ3) is 4.18. The van der Waals surface area contributed by atoms with E-state index in [0.717, 1.165) is 29.6 Å². The standard InChI is InChI=1S/C22H24FN3O3/c1-14(2)29-22(28)20-11-19-18(26(20)13-21(27)24-12-15-3-4-15)9-10-25(19)17-7-5-16(23)6-8-17/h5-11,14-15H,3-4,12-13H2,1-2H3,(H,24,27). The molecule has 152 valence electrons. The van der Waals surface area contributed by atoms with Gasteiger partial charge in [0.05, 0.1) is 17.1 Å². The van der Waals surface area contributed by atoms with E-state index in [9.17, 15) is 14.0 Å². The molecule has 1 N–H and O–H groups in total. The monoisotopic (exact) mass is 397 g/mol. The van der Waals surface area contributed by atoms with Gasteiger partial charge in [-0.3, -0.25) is 4.79 Å². The number of nitrogens with one attached hydrogen (secondary N) is 1. The Morgan fingerprint density at radius 1 is 1.17 bits per heavy atom. The minimum atomic E-state index is -0.475. The highest BCUT2D eigenvalue weighted by atomic mass is 19.1. The number of halogens is 1. The summed E-state index contributed by atoms with van der Waals surface area (Å²) in [5.74, 6) is -0.351. The molecule has 1 fully saturated rings. The first-order chi connectivity index (χ1) is 13.9. The Bertz CT molecular complexity index is 1050. The molecule has 7 heteroatoms. The molecule has 0 bridgehead atoms. The molecule has 0 saturated heterocycles. The van der Waals surface area contributed by atoms with Crippen molar-refractivity contribution in [2.24, 2.45) is 5.92 Å². The fourth-order valence-corrected chi connectivity index (χ4v) is 3.36. The smallest absolute Gasteiger partial charge is 0.355 e. The van der Waals surface area contributed by atoms with Crippen LogP contribution in [0, 0.1) is 11.7 Å². The minimum Gasteiger partial charge on any atom is -0.458 e. The van der Waals surface area contributed by atoms with E-state index in [1.165, 1.54) is 12.1 Å². The second kappa shape index (κ2) is 7.73. The molecule has 0 unspecified atom stereocenters. The predicted octanol–water partition coefficient (Wildman–Crippen LogP) is 3.66. The van der Waals surface area contributed by atoms with Crippen LogP contribution >= 0.6 is 0 Å². The maximum atomic E-state index is 13.3. The summed E-state index contributed by atoms with van der Waals surface area (Å²) in [5.41, 5.74) is 2.58. The van der Waals surface area contributed by atoms with Crippen LogP contribution in [0.3, 0.4) is 0 Å². The number of aromatic nitrogens is 2. The number of nitrogens with zero attached hydrogens (tertiary/aromatic N) is 2. The molecule has 0 spiro atoms. The van der Waals surface area contributed by atoms with Crippen molar-refractivity contribution in [1.82, 2.24) is 14.5 Å². The van der Waals surface area contributed by atoms with Gasteiger partial charge in [0.1, 0.15) is 18.1 Å². The number of ether oxygens (including phenoxy) is 1. The molecular formula is C22H24FN3O3. The van der Waals surface area contributed by atoms with Gasteiger partial charge in [0.2, 0.25) is 5.91 Å². The Morgan fingerprint density at radius 2 is 1.90 bits per heavy atom. The van der Waals surface area contributed by atoms with E-state index in [0.29, 0.717) is 18.2 Å². The third-order valence-corrected chi connectivity index (χ3v) is 5.00. The van der Waals surface area contributed by atoms with Crippen molar-refractivity contribution in [3.8, 4) is 5.69 Å². The third-order valence-electron chi connectivity index (χ3n) is 5.00. The first-order valence-electron chi connectivity index (χ1n) is 9.86. The van der Waals surface area contributed by atoms with E-state index >= 15 is 0 Å². The van der Waals surface area contributed by atoms with Gasteiger partial charge in [-0.1, -0.05) is 0 Å². The zero-order valence-electron chi connectivity index (χ0n) is 16.5. The summed E-state index contributed by atoms with van der Waals surface area (Å²) in [4.78, 5) is 25.1. The van der Waals surface area contributed by atoms with Gasteiger partial charge in [-0.25, -0.2) is 9.18 Å². The summed E-state index contributed by atoms with van der Waals surface area (Å²) in [6.07, 6.45) is 3.88. The molecule has 0 atom stereocenters. The van der Waals surface area contributed by atoms with Crippen molar-refractivity contribution >= 4 is 22.9 Å². The fraction of sp³-hybridized carbons (Fsp3) is 0.364. The van der Waals surface area contributed by atoms with Gasteiger partial charge in [-0.2, -0.15) is 0 Å². The normalized spacial score (nSPS) is 13.8. The van der Waals surface area contributed by atoms with Gasteiger partial charge in [0, 0.05) is 18.4 Å². The lowest BCUT2D eigenvalue weighted by molar-refractivity contribution is -0.121. The topological polar surface area (TPSA) is 65.3 Å². The Morgan fingerprint density at radius 3 is 2.55 bits per heavy atom. The van der Waals surface area contributed by atoms with Gasteiger partial charge in [0.15, 0.2) is 0 Å². The summed E-state index contributed by atoms with van der Waals surface area (Å²) in [6, 6.07) is 9.67. The first-order valence-corrected chi connectivity index (χ1v) is 9.86. The van der Waals surface area contributed by atoms with E-state index < -0.39 is 5.97 Å². The molecule has 1 saturated carbocycles. The molecule has 1 aromatic carbocycles. The van der Waals surface area contributed by atoms with Gasteiger partial charge in [-0.05, 0) is 69.0 Å². The molecule has 1 aliphatic carbocycles. The molecule has 6 nitrogen and oxygen atoms in total. The van der Waals surface area contributed by atoms with Crippen molar-refractivity contribution in [2.45, 2.75) is 39.3 Å². The lowest BCUT2D eigenvalue weighted by atomic mass is 10.3. The molecular weight excluding hydrogens is 373 g/mol. The maximum absolute atomic E-state index is 13.3. The van der Waals surface area contributed by atoms with Crippen LogP contribution < -0.4 is 5.32 Å². The minimum absolute atomic E-state index is 0.0339. The van der Waals surface area contributed by atoms with E-state index in [4.69, 9.17) is 4.74 Å². The average molecular weight is 397 g/mol. The quantitative estimate of drug-likeness (QED) is 0.619. The van der Waals surface area contributed by atoms with Gasteiger partial charge in [-0.15, -0.1) is 0 Å². The summed E-state index contributed by atoms with van der Waals surface area (Å²) in [6.45, 7) is 4.27. The highest BCUT2D eigenvalue weighted by Gasteiger charge is 2.24. The highest BCUT2D eigenvalue weighted by Crippen LogP contribution is 2.28. The Kier molecular flexibility index (Phi) is 5.13. The fourth-order valence-electron chi connectivity index (χ4n) is 3.36. The maximum Gasteiger partial charge on any atom is 0.355 e. The molecule has 2 aromatic heterocycles. The number of benzene rings is 1. The van der Waals surface area contributed by atoms with Crippen LogP contribution in [0.15, 0.2) is 42.6 Å². The lowest BCUT2D eigenvalue weighted by Gasteiger charge is -2.12. The molecule has 0 radical (unpaired) electrons. The Balaban J connectivity index is 1.70. The molecule has 2 heterocycles. The molecule has 29 heavy (non-hydrogen) atoms. The summed E-state index contributed by atoms with van der Waals surface area (Å²) in [5, 5.41) is 2.94. The van der Waals surface area contributed by atoms with Crippen LogP contribution in [-0.4, -0.2) is 33.7 Å². The van der Waals surface area contributed by atoms with Crippen molar-refractivity contribution in [2.75, 3.05) is 6.54 Å². The van der Waals surface area contributed by atoms with Gasteiger partial charge >= 0.3 is 5.97 Å². The number of fused-ring (bicyclic) bond motifs is 1. The van der Waals surface area contributed by atoms with Crippen LogP contribution in [0.5, 0.6) is 0 Å². The zero-order chi connectivity index (χ0) is 20.5. The van der Waals surface area contributed by atoms with Crippen LogP contribution in [0.25, 0.3) is 16.7 Å². The zero-order valence-corrected chi connectivity index (χ0v) is 16.5. The van der Waals surface area contributed by atoms with Crippen LogP contribution in [-0.2, 0) is 16.1 Å². The van der Waals surface area contributed by atoms with E-state index in [-0.39, 0.29) is 24.4 Å². The Labute approximate surface area is 168 Å². The molecule has 1 amide bonds. The van der Waals surface area contributed by atoms with E-state index in [1.807, 2.05) is 16.8 Å². The molecule has 3 aromatic rings.